The number of para-hydroxylation sites is 1. The van der Waals surface area contributed by atoms with Gasteiger partial charge in [-0.15, -0.1) is 0 Å². The second-order valence-electron chi connectivity index (χ2n) is 9.58. The standard InChI is InChI=1S/C24H27FN8S/c1-13-10-15-20(18(25)17(13)14-4-3-5-16-19(14)29-22(26)34-16)30-23(33-11-24(2,27)12-33)31-21(15)32-8-6-28-7-9-32/h3-5,10,28H,6-9,11-12,27H2,1-2H3,(H2,26,29). The number of nitrogens with zero attached hydrogens (tertiary/aromatic N) is 5. The van der Waals surface area contributed by atoms with E-state index in [0.717, 1.165) is 53.2 Å². The predicted octanol–water partition coefficient (Wildman–Crippen LogP) is 2.88. The Morgan fingerprint density at radius 2 is 1.85 bits per heavy atom. The Hall–Kier alpha value is -3.08. The Kier molecular flexibility index (Phi) is 4.87. The largest absolute Gasteiger partial charge is 0.375 e. The first-order valence-corrected chi connectivity index (χ1v) is 12.3. The summed E-state index contributed by atoms with van der Waals surface area (Å²) in [7, 11) is 0. The van der Waals surface area contributed by atoms with Gasteiger partial charge in [0.2, 0.25) is 5.95 Å². The summed E-state index contributed by atoms with van der Waals surface area (Å²) in [6.07, 6.45) is 0. The third-order valence-corrected chi connectivity index (χ3v) is 7.45. The van der Waals surface area contributed by atoms with Crippen LogP contribution in [0, 0.1) is 12.7 Å². The summed E-state index contributed by atoms with van der Waals surface area (Å²) in [6.45, 7) is 8.53. The molecule has 0 atom stereocenters. The Bertz CT molecular complexity index is 1420. The van der Waals surface area contributed by atoms with Crippen LogP contribution < -0.4 is 26.6 Å². The Balaban J connectivity index is 1.59. The second-order valence-corrected chi connectivity index (χ2v) is 10.6. The highest BCUT2D eigenvalue weighted by Crippen LogP contribution is 2.40. The topological polar surface area (TPSA) is 109 Å². The zero-order valence-electron chi connectivity index (χ0n) is 19.2. The normalized spacial score (nSPS) is 18.0. The van der Waals surface area contributed by atoms with E-state index in [-0.39, 0.29) is 11.4 Å². The van der Waals surface area contributed by atoms with Gasteiger partial charge in [0, 0.05) is 61.3 Å². The molecule has 0 unspecified atom stereocenters. The van der Waals surface area contributed by atoms with Crippen LogP contribution in [0.25, 0.3) is 32.2 Å². The van der Waals surface area contributed by atoms with Gasteiger partial charge in [0.05, 0.1) is 10.2 Å². The van der Waals surface area contributed by atoms with Crippen molar-refractivity contribution in [3.05, 3.63) is 35.6 Å². The summed E-state index contributed by atoms with van der Waals surface area (Å²) < 4.78 is 17.3. The Morgan fingerprint density at radius 1 is 1.09 bits per heavy atom. The quantitative estimate of drug-likeness (QED) is 0.412. The SMILES string of the molecule is Cc1cc2c(N3CCNCC3)nc(N3CC(C)(N)C3)nc2c(F)c1-c1cccc2sc(N)nc12. The van der Waals surface area contributed by atoms with Crippen molar-refractivity contribution in [1.82, 2.24) is 20.3 Å². The summed E-state index contributed by atoms with van der Waals surface area (Å²) in [5, 5.41) is 4.57. The maximum Gasteiger partial charge on any atom is 0.228 e. The number of thiazole rings is 1. The number of rotatable bonds is 3. The molecule has 4 heterocycles. The highest BCUT2D eigenvalue weighted by molar-refractivity contribution is 7.22. The van der Waals surface area contributed by atoms with Crippen LogP contribution in [0.3, 0.4) is 0 Å². The van der Waals surface area contributed by atoms with Crippen molar-refractivity contribution in [1.29, 1.82) is 0 Å². The van der Waals surface area contributed by atoms with Crippen molar-refractivity contribution in [2.24, 2.45) is 5.73 Å². The number of halogens is 1. The summed E-state index contributed by atoms with van der Waals surface area (Å²) in [5.74, 6) is 0.940. The van der Waals surface area contributed by atoms with Gasteiger partial charge < -0.3 is 26.6 Å². The maximum absolute atomic E-state index is 16.4. The number of aryl methyl sites for hydroxylation is 1. The molecule has 34 heavy (non-hydrogen) atoms. The number of nitrogen functional groups attached to an aromatic ring is 1. The lowest BCUT2D eigenvalue weighted by molar-refractivity contribution is 0.360. The first kappa shape index (κ1) is 21.5. The molecule has 0 radical (unpaired) electrons. The molecule has 176 valence electrons. The van der Waals surface area contributed by atoms with Gasteiger partial charge in [-0.1, -0.05) is 23.5 Å². The lowest BCUT2D eigenvalue weighted by atomic mass is 9.94. The zero-order valence-corrected chi connectivity index (χ0v) is 20.0. The molecule has 2 aliphatic rings. The van der Waals surface area contributed by atoms with Gasteiger partial charge in [0.25, 0.3) is 0 Å². The minimum Gasteiger partial charge on any atom is -0.375 e. The molecule has 2 aromatic heterocycles. The van der Waals surface area contributed by atoms with E-state index in [4.69, 9.17) is 21.4 Å². The van der Waals surface area contributed by atoms with E-state index in [2.05, 4.69) is 15.2 Å². The van der Waals surface area contributed by atoms with Gasteiger partial charge in [0.15, 0.2) is 10.9 Å². The number of benzene rings is 2. The molecular weight excluding hydrogens is 451 g/mol. The van der Waals surface area contributed by atoms with Crippen molar-refractivity contribution >= 4 is 49.4 Å². The third kappa shape index (κ3) is 3.44. The van der Waals surface area contributed by atoms with Crippen LogP contribution in [0.2, 0.25) is 0 Å². The van der Waals surface area contributed by atoms with E-state index in [1.54, 1.807) is 0 Å². The number of hydrogen-bond donors (Lipinski definition) is 3. The average Bonchev–Trinajstić information content (AvgIpc) is 3.18. The van der Waals surface area contributed by atoms with Crippen LogP contribution in [-0.4, -0.2) is 59.8 Å². The van der Waals surface area contributed by atoms with Crippen LogP contribution in [0.4, 0.5) is 21.3 Å². The molecule has 0 spiro atoms. The summed E-state index contributed by atoms with van der Waals surface area (Å²) >= 11 is 1.40. The predicted molar refractivity (Wildman–Crippen MR) is 137 cm³/mol. The molecule has 2 aliphatic heterocycles. The molecule has 0 saturated carbocycles. The molecule has 10 heteroatoms. The first-order valence-electron chi connectivity index (χ1n) is 11.5. The van der Waals surface area contributed by atoms with E-state index in [1.165, 1.54) is 11.3 Å². The lowest BCUT2D eigenvalue weighted by Gasteiger charge is -2.45. The van der Waals surface area contributed by atoms with Gasteiger partial charge >= 0.3 is 0 Å². The fourth-order valence-electron chi connectivity index (χ4n) is 5.05. The fraction of sp³-hybridized carbons (Fsp3) is 0.375. The van der Waals surface area contributed by atoms with Crippen molar-refractivity contribution in [3.63, 3.8) is 0 Å². The first-order chi connectivity index (χ1) is 16.3. The maximum atomic E-state index is 16.4. The molecule has 2 fully saturated rings. The van der Waals surface area contributed by atoms with Crippen LogP contribution in [0.5, 0.6) is 0 Å². The van der Waals surface area contributed by atoms with Gasteiger partial charge in [-0.05, 0) is 31.5 Å². The molecule has 4 aromatic rings. The molecule has 0 amide bonds. The number of aromatic nitrogens is 3. The van der Waals surface area contributed by atoms with E-state index < -0.39 is 0 Å². The Morgan fingerprint density at radius 3 is 2.59 bits per heavy atom. The van der Waals surface area contributed by atoms with Crippen molar-refractivity contribution < 1.29 is 4.39 Å². The molecule has 5 N–H and O–H groups in total. The molecule has 2 aromatic carbocycles. The molecular formula is C24H27FN8S. The lowest BCUT2D eigenvalue weighted by Crippen LogP contribution is -2.66. The highest BCUT2D eigenvalue weighted by atomic mass is 32.1. The summed E-state index contributed by atoms with van der Waals surface area (Å²) in [6, 6.07) is 7.77. The van der Waals surface area contributed by atoms with Crippen LogP contribution in [0.15, 0.2) is 24.3 Å². The van der Waals surface area contributed by atoms with Crippen LogP contribution in [-0.2, 0) is 0 Å². The molecule has 0 bridgehead atoms. The summed E-state index contributed by atoms with van der Waals surface area (Å²) in [4.78, 5) is 18.4. The number of anilines is 3. The van der Waals surface area contributed by atoms with Gasteiger partial charge in [-0.2, -0.15) is 4.98 Å². The zero-order chi connectivity index (χ0) is 23.6. The van der Waals surface area contributed by atoms with Gasteiger partial charge in [-0.3, -0.25) is 0 Å². The van der Waals surface area contributed by atoms with E-state index in [1.807, 2.05) is 43.0 Å². The molecule has 6 rings (SSSR count). The number of nitrogens with two attached hydrogens (primary N) is 2. The fourth-order valence-corrected chi connectivity index (χ4v) is 5.81. The monoisotopic (exact) mass is 478 g/mol. The van der Waals surface area contributed by atoms with Crippen LogP contribution >= 0.6 is 11.3 Å². The van der Waals surface area contributed by atoms with Gasteiger partial charge in [0.1, 0.15) is 11.3 Å². The molecule has 0 aliphatic carbocycles. The third-order valence-electron chi connectivity index (χ3n) is 6.60. The number of piperazine rings is 1. The smallest absolute Gasteiger partial charge is 0.228 e. The van der Waals surface area contributed by atoms with E-state index >= 15 is 4.39 Å². The minimum atomic E-state index is -0.356. The number of nitrogens with one attached hydrogen (secondary N) is 1. The van der Waals surface area contributed by atoms with E-state index in [9.17, 15) is 0 Å². The van der Waals surface area contributed by atoms with E-state index in [0.29, 0.717) is 40.8 Å². The summed E-state index contributed by atoms with van der Waals surface area (Å²) in [5.41, 5.74) is 15.0. The van der Waals surface area contributed by atoms with Crippen LogP contribution in [0.1, 0.15) is 12.5 Å². The second kappa shape index (κ2) is 7.72. The molecule has 8 nitrogen and oxygen atoms in total. The minimum absolute atomic E-state index is 0.287. The number of fused-ring (bicyclic) bond motifs is 2. The Labute approximate surface area is 200 Å². The van der Waals surface area contributed by atoms with Crippen molar-refractivity contribution in [2.75, 3.05) is 54.8 Å². The van der Waals surface area contributed by atoms with Crippen molar-refractivity contribution in [3.8, 4) is 11.1 Å². The van der Waals surface area contributed by atoms with Crippen molar-refractivity contribution in [2.45, 2.75) is 19.4 Å². The average molecular weight is 479 g/mol. The molecule has 2 saturated heterocycles. The van der Waals surface area contributed by atoms with Gasteiger partial charge in [-0.25, -0.2) is 14.4 Å². The highest BCUT2D eigenvalue weighted by Gasteiger charge is 2.37. The number of hydrogen-bond acceptors (Lipinski definition) is 9.